The predicted octanol–water partition coefficient (Wildman–Crippen LogP) is 3.29. The Balaban J connectivity index is 1.60. The van der Waals surface area contributed by atoms with Gasteiger partial charge in [-0.05, 0) is 51.8 Å². The zero-order valence-electron chi connectivity index (χ0n) is 24.3. The van der Waals surface area contributed by atoms with E-state index in [-0.39, 0.29) is 71.0 Å². The number of carbonyl (C=O) groups is 2. The highest BCUT2D eigenvalue weighted by atomic mass is 32.2. The second kappa shape index (κ2) is 12.7. The van der Waals surface area contributed by atoms with E-state index in [0.717, 1.165) is 25.7 Å². The van der Waals surface area contributed by atoms with Gasteiger partial charge in [0.1, 0.15) is 17.5 Å². The number of likely N-dealkylation sites (N-methyl/N-ethyl adjacent to an activating group) is 1. The number of nitrogens with one attached hydrogen (secondary N) is 2. The number of rotatable bonds is 8. The molecule has 0 bridgehead atoms. The molecule has 1 aromatic carbocycles. The Morgan fingerprint density at radius 2 is 1.95 bits per heavy atom. The van der Waals surface area contributed by atoms with Crippen LogP contribution < -0.4 is 14.8 Å². The van der Waals surface area contributed by atoms with Crippen molar-refractivity contribution in [3.63, 3.8) is 0 Å². The number of aromatic nitrogens is 1. The summed E-state index contributed by atoms with van der Waals surface area (Å²) >= 11 is 0. The average molecular weight is 592 g/mol. The molecule has 1 fully saturated rings. The zero-order valence-corrected chi connectivity index (χ0v) is 25.2. The summed E-state index contributed by atoms with van der Waals surface area (Å²) in [6.45, 7) is 7.03. The SMILES string of the molecule is Cc1noc(C)c1S(=O)(=O)Nc1ccc2c(c1)C(=O)N([C@@H](C)CO)C[C@@H](C)[C@@H](CN(C)C(=O)NC1CCCCC1)O2. The van der Waals surface area contributed by atoms with Gasteiger partial charge in [-0.3, -0.25) is 9.52 Å². The van der Waals surface area contributed by atoms with Gasteiger partial charge >= 0.3 is 6.03 Å². The van der Waals surface area contributed by atoms with E-state index in [1.54, 1.807) is 29.8 Å². The number of sulfonamides is 1. The molecule has 0 unspecified atom stereocenters. The van der Waals surface area contributed by atoms with Gasteiger partial charge in [-0.15, -0.1) is 0 Å². The Morgan fingerprint density at radius 3 is 2.59 bits per heavy atom. The summed E-state index contributed by atoms with van der Waals surface area (Å²) in [5.74, 6) is -0.155. The molecule has 2 heterocycles. The van der Waals surface area contributed by atoms with Crippen LogP contribution in [0, 0.1) is 19.8 Å². The summed E-state index contributed by atoms with van der Waals surface area (Å²) in [5.41, 5.74) is 0.527. The van der Waals surface area contributed by atoms with Crippen LogP contribution >= 0.6 is 0 Å². The van der Waals surface area contributed by atoms with Gasteiger partial charge in [0.05, 0.1) is 24.8 Å². The fourth-order valence-corrected chi connectivity index (χ4v) is 6.83. The molecule has 12 nitrogen and oxygen atoms in total. The minimum Gasteiger partial charge on any atom is -0.487 e. The molecular formula is C28H41N5O7S. The van der Waals surface area contributed by atoms with Gasteiger partial charge in [0, 0.05) is 31.2 Å². The first kappa shape index (κ1) is 30.6. The summed E-state index contributed by atoms with van der Waals surface area (Å²) in [6.07, 6.45) is 4.89. The largest absolute Gasteiger partial charge is 0.487 e. The molecule has 226 valence electrons. The summed E-state index contributed by atoms with van der Waals surface area (Å²) in [7, 11) is -2.32. The molecule has 3 atom stereocenters. The molecule has 0 radical (unpaired) electrons. The van der Waals surface area contributed by atoms with Crippen LogP contribution in [0.5, 0.6) is 5.75 Å². The molecule has 1 saturated carbocycles. The Morgan fingerprint density at radius 1 is 1.24 bits per heavy atom. The number of aliphatic hydroxyl groups is 1. The average Bonchev–Trinajstić information content (AvgIpc) is 3.29. The molecule has 0 saturated heterocycles. The topological polar surface area (TPSA) is 154 Å². The fraction of sp³-hybridized carbons (Fsp3) is 0.607. The van der Waals surface area contributed by atoms with Crippen molar-refractivity contribution in [1.82, 2.24) is 20.3 Å². The zero-order chi connectivity index (χ0) is 29.9. The summed E-state index contributed by atoms with van der Waals surface area (Å²) in [5, 5.41) is 16.8. The van der Waals surface area contributed by atoms with Crippen molar-refractivity contribution < 1.29 is 32.4 Å². The normalized spacial score (nSPS) is 20.8. The van der Waals surface area contributed by atoms with E-state index in [1.165, 1.54) is 32.4 Å². The fourth-order valence-electron chi connectivity index (χ4n) is 5.45. The van der Waals surface area contributed by atoms with E-state index in [0.29, 0.717) is 0 Å². The Bertz CT molecular complexity index is 1340. The number of anilines is 1. The van der Waals surface area contributed by atoms with Crippen molar-refractivity contribution >= 4 is 27.6 Å². The summed E-state index contributed by atoms with van der Waals surface area (Å²) in [4.78, 5) is 29.8. The molecule has 3 amide bonds. The molecule has 1 aliphatic heterocycles. The third-order valence-corrected chi connectivity index (χ3v) is 9.51. The highest BCUT2D eigenvalue weighted by molar-refractivity contribution is 7.92. The lowest BCUT2D eigenvalue weighted by molar-refractivity contribution is 0.0366. The number of aliphatic hydroxyl groups excluding tert-OH is 1. The van der Waals surface area contributed by atoms with Gasteiger partial charge in [-0.2, -0.15) is 0 Å². The molecule has 1 aliphatic carbocycles. The lowest BCUT2D eigenvalue weighted by Gasteiger charge is -2.38. The number of ether oxygens (including phenoxy) is 1. The number of amides is 3. The highest BCUT2D eigenvalue weighted by Gasteiger charge is 2.35. The number of aryl methyl sites for hydroxylation is 2. The minimum atomic E-state index is -4.05. The number of urea groups is 1. The first-order valence-corrected chi connectivity index (χ1v) is 15.6. The van der Waals surface area contributed by atoms with Gasteiger partial charge in [-0.25, -0.2) is 13.2 Å². The van der Waals surface area contributed by atoms with Crippen LogP contribution in [0.4, 0.5) is 10.5 Å². The van der Waals surface area contributed by atoms with E-state index >= 15 is 0 Å². The molecule has 13 heteroatoms. The molecule has 41 heavy (non-hydrogen) atoms. The van der Waals surface area contributed by atoms with E-state index < -0.39 is 28.1 Å². The lowest BCUT2D eigenvalue weighted by atomic mass is 9.96. The van der Waals surface area contributed by atoms with Crippen LogP contribution in [-0.4, -0.2) is 85.4 Å². The molecule has 2 aliphatic rings. The number of fused-ring (bicyclic) bond motifs is 1. The highest BCUT2D eigenvalue weighted by Crippen LogP contribution is 2.32. The molecule has 2 aromatic rings. The Hall–Kier alpha value is -3.32. The van der Waals surface area contributed by atoms with Crippen molar-refractivity contribution in [2.45, 2.75) is 82.9 Å². The molecule has 3 N–H and O–H groups in total. The lowest BCUT2D eigenvalue weighted by Crippen LogP contribution is -2.52. The van der Waals surface area contributed by atoms with Crippen LogP contribution in [0.2, 0.25) is 0 Å². The van der Waals surface area contributed by atoms with E-state index in [4.69, 9.17) is 9.26 Å². The quantitative estimate of drug-likeness (QED) is 0.423. The molecule has 1 aromatic heterocycles. The van der Waals surface area contributed by atoms with Gasteiger partial charge < -0.3 is 29.5 Å². The maximum Gasteiger partial charge on any atom is 0.317 e. The Kier molecular flexibility index (Phi) is 9.48. The summed E-state index contributed by atoms with van der Waals surface area (Å²) in [6, 6.07) is 4.00. The second-order valence-corrected chi connectivity index (χ2v) is 12.9. The van der Waals surface area contributed by atoms with Crippen molar-refractivity contribution in [2.75, 3.05) is 31.5 Å². The number of hydrogen-bond donors (Lipinski definition) is 3. The van der Waals surface area contributed by atoms with Crippen molar-refractivity contribution in [3.8, 4) is 5.75 Å². The van der Waals surface area contributed by atoms with Crippen LogP contribution in [-0.2, 0) is 10.0 Å². The second-order valence-electron chi connectivity index (χ2n) is 11.3. The third kappa shape index (κ3) is 6.95. The van der Waals surface area contributed by atoms with Gasteiger partial charge in [0.2, 0.25) is 0 Å². The van der Waals surface area contributed by atoms with Gasteiger partial charge in [0.25, 0.3) is 15.9 Å². The van der Waals surface area contributed by atoms with E-state index in [1.807, 2.05) is 6.92 Å². The minimum absolute atomic E-state index is 0.0641. The van der Waals surface area contributed by atoms with Crippen molar-refractivity contribution in [1.29, 1.82) is 0 Å². The monoisotopic (exact) mass is 591 g/mol. The maximum atomic E-state index is 13.7. The van der Waals surface area contributed by atoms with E-state index in [2.05, 4.69) is 15.2 Å². The summed E-state index contributed by atoms with van der Waals surface area (Å²) < 4.78 is 40.1. The Labute approximate surface area is 241 Å². The molecule has 4 rings (SSSR count). The van der Waals surface area contributed by atoms with Crippen LogP contribution in [0.3, 0.4) is 0 Å². The number of carbonyl (C=O) groups excluding carboxylic acids is 2. The predicted molar refractivity (Wildman–Crippen MR) is 152 cm³/mol. The van der Waals surface area contributed by atoms with Crippen LogP contribution in [0.15, 0.2) is 27.6 Å². The van der Waals surface area contributed by atoms with Gasteiger partial charge in [-0.1, -0.05) is 31.3 Å². The first-order chi connectivity index (χ1) is 19.4. The standard InChI is InChI=1S/C28H41N5O7S/c1-17-14-33(18(2)16-34)27(35)23-13-22(31-41(37,38)26-19(3)30-40-20(26)4)11-12-24(23)39-25(17)15-32(5)28(36)29-21-9-7-6-8-10-21/h11-13,17-18,21,25,31,34H,6-10,14-16H2,1-5H3,(H,29,36)/t17-,18+,25-/m1/s1. The van der Waals surface area contributed by atoms with Crippen LogP contribution in [0.1, 0.15) is 67.8 Å². The molecule has 0 spiro atoms. The maximum absolute atomic E-state index is 13.7. The first-order valence-electron chi connectivity index (χ1n) is 14.1. The number of hydrogen-bond acceptors (Lipinski definition) is 8. The van der Waals surface area contributed by atoms with Gasteiger partial charge in [0.15, 0.2) is 10.7 Å². The number of nitrogens with zero attached hydrogens (tertiary/aromatic N) is 3. The number of benzene rings is 1. The molecular weight excluding hydrogens is 550 g/mol. The van der Waals surface area contributed by atoms with Crippen molar-refractivity contribution in [3.05, 3.63) is 35.2 Å². The van der Waals surface area contributed by atoms with E-state index in [9.17, 15) is 23.1 Å². The van der Waals surface area contributed by atoms with Crippen molar-refractivity contribution in [2.24, 2.45) is 5.92 Å². The third-order valence-electron chi connectivity index (χ3n) is 7.89. The smallest absolute Gasteiger partial charge is 0.317 e. The van der Waals surface area contributed by atoms with Crippen LogP contribution in [0.25, 0.3) is 0 Å².